The Morgan fingerprint density at radius 3 is 2.73 bits per heavy atom. The molecular formula is C14H19IN4O2S. The summed E-state index contributed by atoms with van der Waals surface area (Å²) in [6, 6.07) is 7.65. The molecule has 2 aromatic rings. The molecule has 0 aliphatic heterocycles. The Hall–Kier alpha value is -1.55. The van der Waals surface area contributed by atoms with E-state index >= 15 is 0 Å². The molecule has 0 aliphatic carbocycles. The maximum atomic E-state index is 11.7. The molecule has 0 unspecified atom stereocenters. The van der Waals surface area contributed by atoms with Gasteiger partial charge >= 0.3 is 0 Å². The van der Waals surface area contributed by atoms with E-state index in [1.54, 1.807) is 30.7 Å². The Morgan fingerprint density at radius 1 is 1.23 bits per heavy atom. The van der Waals surface area contributed by atoms with Crippen LogP contribution < -0.4 is 16.0 Å². The van der Waals surface area contributed by atoms with Crippen LogP contribution in [-0.2, 0) is 17.9 Å². The van der Waals surface area contributed by atoms with Gasteiger partial charge in [0.2, 0.25) is 5.91 Å². The molecule has 0 spiro atoms. The number of amides is 1. The molecule has 120 valence electrons. The van der Waals surface area contributed by atoms with Gasteiger partial charge in [0.25, 0.3) is 0 Å². The summed E-state index contributed by atoms with van der Waals surface area (Å²) in [4.78, 5) is 17.0. The zero-order valence-electron chi connectivity index (χ0n) is 12.2. The molecule has 2 rings (SSSR count). The topological polar surface area (TPSA) is 78.7 Å². The number of guanidine groups is 1. The summed E-state index contributed by atoms with van der Waals surface area (Å²) in [6.45, 7) is 1.23. The van der Waals surface area contributed by atoms with Crippen LogP contribution in [0.5, 0.6) is 0 Å². The molecule has 2 aromatic heterocycles. The smallest absolute Gasteiger partial charge is 0.239 e. The second-order valence-electron chi connectivity index (χ2n) is 4.21. The second kappa shape index (κ2) is 10.2. The van der Waals surface area contributed by atoms with E-state index in [-0.39, 0.29) is 36.4 Å². The number of hydrogen-bond donors (Lipinski definition) is 3. The van der Waals surface area contributed by atoms with E-state index < -0.39 is 0 Å². The van der Waals surface area contributed by atoms with Crippen molar-refractivity contribution in [2.24, 2.45) is 4.99 Å². The summed E-state index contributed by atoms with van der Waals surface area (Å²) in [5, 5.41) is 10.9. The lowest BCUT2D eigenvalue weighted by molar-refractivity contribution is -0.120. The van der Waals surface area contributed by atoms with E-state index in [0.29, 0.717) is 19.0 Å². The molecule has 0 fully saturated rings. The standard InChI is InChI=1S/C14H18N4O2S.HI/c1-15-14(17-9-12-5-3-7-21-12)18-10-13(19)16-8-11-4-2-6-20-11;/h2-7H,8-10H2,1H3,(H,16,19)(H2,15,17,18);1H. The molecule has 0 aromatic carbocycles. The van der Waals surface area contributed by atoms with Crippen LogP contribution in [0.4, 0.5) is 0 Å². The van der Waals surface area contributed by atoms with Crippen molar-refractivity contribution in [2.45, 2.75) is 13.1 Å². The fraction of sp³-hybridized carbons (Fsp3) is 0.286. The molecular weight excluding hydrogens is 415 g/mol. The van der Waals surface area contributed by atoms with E-state index in [1.165, 1.54) is 4.88 Å². The summed E-state index contributed by atoms with van der Waals surface area (Å²) < 4.78 is 5.14. The molecule has 8 heteroatoms. The molecule has 0 saturated carbocycles. The highest BCUT2D eigenvalue weighted by molar-refractivity contribution is 14.0. The molecule has 3 N–H and O–H groups in total. The van der Waals surface area contributed by atoms with Crippen molar-refractivity contribution in [2.75, 3.05) is 13.6 Å². The van der Waals surface area contributed by atoms with Gasteiger partial charge in [-0.3, -0.25) is 9.79 Å². The van der Waals surface area contributed by atoms with Crippen LogP contribution in [0.3, 0.4) is 0 Å². The highest BCUT2D eigenvalue weighted by atomic mass is 127. The SMILES string of the molecule is CN=C(NCC(=O)NCc1ccco1)NCc1cccs1.I. The average molecular weight is 434 g/mol. The average Bonchev–Trinajstić information content (AvgIpc) is 3.18. The molecule has 0 radical (unpaired) electrons. The van der Waals surface area contributed by atoms with Gasteiger partial charge in [0.05, 0.1) is 25.9 Å². The maximum Gasteiger partial charge on any atom is 0.239 e. The van der Waals surface area contributed by atoms with E-state index in [2.05, 4.69) is 20.9 Å². The minimum atomic E-state index is -0.120. The van der Waals surface area contributed by atoms with Crippen LogP contribution in [0.15, 0.2) is 45.3 Å². The lowest BCUT2D eigenvalue weighted by Gasteiger charge is -2.11. The summed E-state index contributed by atoms with van der Waals surface area (Å²) >= 11 is 1.67. The van der Waals surface area contributed by atoms with Crippen molar-refractivity contribution in [1.29, 1.82) is 0 Å². The van der Waals surface area contributed by atoms with Crippen molar-refractivity contribution in [1.82, 2.24) is 16.0 Å². The van der Waals surface area contributed by atoms with Crippen molar-refractivity contribution in [3.05, 3.63) is 46.5 Å². The monoisotopic (exact) mass is 434 g/mol. The third-order valence-corrected chi connectivity index (χ3v) is 3.57. The summed E-state index contributed by atoms with van der Waals surface area (Å²) in [5.74, 6) is 1.20. The summed E-state index contributed by atoms with van der Waals surface area (Å²) in [6.07, 6.45) is 1.58. The van der Waals surface area contributed by atoms with E-state index in [4.69, 9.17) is 4.42 Å². The number of thiophene rings is 1. The third kappa shape index (κ3) is 6.48. The van der Waals surface area contributed by atoms with Crippen molar-refractivity contribution in [3.63, 3.8) is 0 Å². The Labute approximate surface area is 150 Å². The van der Waals surface area contributed by atoms with E-state index in [9.17, 15) is 4.79 Å². The van der Waals surface area contributed by atoms with Crippen LogP contribution in [0.1, 0.15) is 10.6 Å². The highest BCUT2D eigenvalue weighted by Gasteiger charge is 2.04. The Kier molecular flexibility index (Phi) is 8.60. The van der Waals surface area contributed by atoms with Gasteiger partial charge in [-0.2, -0.15) is 0 Å². The number of furan rings is 1. The number of carbonyl (C=O) groups excluding carboxylic acids is 1. The molecule has 0 aliphatic rings. The number of nitrogens with one attached hydrogen (secondary N) is 3. The predicted octanol–water partition coefficient (Wildman–Crippen LogP) is 1.94. The van der Waals surface area contributed by atoms with Crippen LogP contribution in [0.25, 0.3) is 0 Å². The van der Waals surface area contributed by atoms with Crippen molar-refractivity contribution >= 4 is 47.2 Å². The molecule has 6 nitrogen and oxygen atoms in total. The molecule has 0 atom stereocenters. The van der Waals surface area contributed by atoms with Crippen molar-refractivity contribution < 1.29 is 9.21 Å². The molecule has 2 heterocycles. The maximum absolute atomic E-state index is 11.7. The number of hydrogen-bond acceptors (Lipinski definition) is 4. The lowest BCUT2D eigenvalue weighted by atomic mass is 10.4. The fourth-order valence-electron chi connectivity index (χ4n) is 1.63. The first-order chi connectivity index (χ1) is 10.3. The first kappa shape index (κ1) is 18.5. The van der Waals surface area contributed by atoms with Crippen LogP contribution >= 0.6 is 35.3 Å². The number of nitrogens with zero attached hydrogens (tertiary/aromatic N) is 1. The first-order valence-corrected chi connectivity index (χ1v) is 7.42. The van der Waals surface area contributed by atoms with Crippen LogP contribution in [-0.4, -0.2) is 25.5 Å². The lowest BCUT2D eigenvalue weighted by Crippen LogP contribution is -2.42. The highest BCUT2D eigenvalue weighted by Crippen LogP contribution is 2.06. The quantitative estimate of drug-likeness (QED) is 0.369. The Balaban J connectivity index is 0.00000242. The first-order valence-electron chi connectivity index (χ1n) is 6.54. The fourth-order valence-corrected chi connectivity index (χ4v) is 2.27. The van der Waals surface area contributed by atoms with Gasteiger partial charge in [-0.15, -0.1) is 35.3 Å². The zero-order valence-corrected chi connectivity index (χ0v) is 15.3. The number of aliphatic imine (C=N–C) groups is 1. The van der Waals surface area contributed by atoms with E-state index in [0.717, 1.165) is 5.76 Å². The van der Waals surface area contributed by atoms with Gasteiger partial charge in [0, 0.05) is 11.9 Å². The minimum Gasteiger partial charge on any atom is -0.467 e. The molecule has 0 bridgehead atoms. The molecule has 22 heavy (non-hydrogen) atoms. The van der Waals surface area contributed by atoms with Gasteiger partial charge in [0.15, 0.2) is 5.96 Å². The van der Waals surface area contributed by atoms with Crippen LogP contribution in [0, 0.1) is 0 Å². The molecule has 0 saturated heterocycles. The van der Waals surface area contributed by atoms with Crippen molar-refractivity contribution in [3.8, 4) is 0 Å². The Bertz CT molecular complexity index is 570. The van der Waals surface area contributed by atoms with Gasteiger partial charge < -0.3 is 20.4 Å². The number of halogens is 1. The van der Waals surface area contributed by atoms with Gasteiger partial charge in [-0.25, -0.2) is 0 Å². The largest absolute Gasteiger partial charge is 0.467 e. The molecule has 1 amide bonds. The zero-order chi connectivity index (χ0) is 14.9. The predicted molar refractivity (Wildman–Crippen MR) is 98.5 cm³/mol. The van der Waals surface area contributed by atoms with E-state index in [1.807, 2.05) is 23.6 Å². The van der Waals surface area contributed by atoms with Gasteiger partial charge in [0.1, 0.15) is 5.76 Å². The Morgan fingerprint density at radius 2 is 2.09 bits per heavy atom. The normalized spacial score (nSPS) is 10.7. The summed E-state index contributed by atoms with van der Waals surface area (Å²) in [5.41, 5.74) is 0. The van der Waals surface area contributed by atoms with Gasteiger partial charge in [-0.05, 0) is 23.6 Å². The van der Waals surface area contributed by atoms with Gasteiger partial charge in [-0.1, -0.05) is 6.07 Å². The second-order valence-corrected chi connectivity index (χ2v) is 5.25. The summed E-state index contributed by atoms with van der Waals surface area (Å²) in [7, 11) is 1.67. The number of carbonyl (C=O) groups is 1. The van der Waals surface area contributed by atoms with Crippen LogP contribution in [0.2, 0.25) is 0 Å². The number of rotatable bonds is 6. The minimum absolute atomic E-state index is 0. The third-order valence-electron chi connectivity index (χ3n) is 2.69.